The zero-order valence-corrected chi connectivity index (χ0v) is 9.14. The van der Waals surface area contributed by atoms with Crippen LogP contribution < -0.4 is 10.5 Å². The molecule has 0 atom stereocenters. The number of aromatic nitrogens is 1. The summed E-state index contributed by atoms with van der Waals surface area (Å²) in [4.78, 5) is 4.05. The second kappa shape index (κ2) is 4.70. The maximum Gasteiger partial charge on any atom is 0.292 e. The molecule has 0 amide bonds. The summed E-state index contributed by atoms with van der Waals surface area (Å²) in [5.41, 5.74) is 7.48. The minimum Gasteiger partial charge on any atom is -0.497 e. The zero-order chi connectivity index (χ0) is 11.4. The Morgan fingerprint density at radius 3 is 2.94 bits per heavy atom. The summed E-state index contributed by atoms with van der Waals surface area (Å²) in [6.07, 6.45) is 3.30. The normalized spacial score (nSPS) is 10.3. The molecule has 4 nitrogen and oxygen atoms in total. The van der Waals surface area contributed by atoms with Gasteiger partial charge in [0.1, 0.15) is 12.0 Å². The van der Waals surface area contributed by atoms with Crippen LogP contribution in [0.4, 0.5) is 6.01 Å². The first-order valence-electron chi connectivity index (χ1n) is 5.11. The van der Waals surface area contributed by atoms with Gasteiger partial charge in [-0.15, -0.1) is 0 Å². The van der Waals surface area contributed by atoms with Crippen LogP contribution in [-0.4, -0.2) is 12.1 Å². The summed E-state index contributed by atoms with van der Waals surface area (Å²) < 4.78 is 10.1. The van der Waals surface area contributed by atoms with Crippen molar-refractivity contribution < 1.29 is 9.15 Å². The number of hydrogen-bond donors (Lipinski definition) is 1. The van der Waals surface area contributed by atoms with E-state index in [0.29, 0.717) is 0 Å². The third-order valence-electron chi connectivity index (χ3n) is 2.37. The van der Waals surface area contributed by atoms with Crippen LogP contribution in [-0.2, 0) is 12.8 Å². The lowest BCUT2D eigenvalue weighted by Crippen LogP contribution is -1.93. The van der Waals surface area contributed by atoms with E-state index in [-0.39, 0.29) is 6.01 Å². The number of aryl methyl sites for hydroxylation is 2. The molecule has 16 heavy (non-hydrogen) atoms. The van der Waals surface area contributed by atoms with Crippen molar-refractivity contribution >= 4 is 6.01 Å². The number of ether oxygens (including phenoxy) is 1. The van der Waals surface area contributed by atoms with Gasteiger partial charge in [0.25, 0.3) is 6.01 Å². The van der Waals surface area contributed by atoms with Crippen molar-refractivity contribution in [2.45, 2.75) is 12.8 Å². The highest BCUT2D eigenvalue weighted by atomic mass is 16.5. The van der Waals surface area contributed by atoms with Crippen molar-refractivity contribution in [3.05, 3.63) is 41.8 Å². The minimum atomic E-state index is 0.223. The van der Waals surface area contributed by atoms with E-state index in [1.54, 1.807) is 13.4 Å². The van der Waals surface area contributed by atoms with Gasteiger partial charge in [-0.3, -0.25) is 0 Å². The predicted molar refractivity (Wildman–Crippen MR) is 61.3 cm³/mol. The number of nitrogens with zero attached hydrogens (tertiary/aromatic N) is 1. The molecule has 2 aromatic rings. The van der Waals surface area contributed by atoms with E-state index >= 15 is 0 Å². The molecule has 0 bridgehead atoms. The summed E-state index contributed by atoms with van der Waals surface area (Å²) in [6.45, 7) is 0. The molecular weight excluding hydrogens is 204 g/mol. The monoisotopic (exact) mass is 218 g/mol. The molecule has 0 spiro atoms. The van der Waals surface area contributed by atoms with Crippen molar-refractivity contribution in [2.75, 3.05) is 12.8 Å². The Balaban J connectivity index is 1.99. The second-order valence-corrected chi connectivity index (χ2v) is 3.53. The molecule has 2 N–H and O–H groups in total. The molecule has 0 aliphatic heterocycles. The smallest absolute Gasteiger partial charge is 0.292 e. The Kier molecular flexibility index (Phi) is 3.10. The van der Waals surface area contributed by atoms with Crippen LogP contribution in [0, 0.1) is 0 Å². The maximum absolute atomic E-state index is 5.40. The van der Waals surface area contributed by atoms with Crippen LogP contribution in [0.15, 0.2) is 34.9 Å². The Hall–Kier alpha value is -1.97. The molecule has 2 rings (SSSR count). The van der Waals surface area contributed by atoms with Gasteiger partial charge in [-0.05, 0) is 30.5 Å². The van der Waals surface area contributed by atoms with E-state index in [1.165, 1.54) is 5.56 Å². The van der Waals surface area contributed by atoms with Crippen LogP contribution in [0.3, 0.4) is 0 Å². The average molecular weight is 218 g/mol. The van der Waals surface area contributed by atoms with Crippen molar-refractivity contribution in [3.63, 3.8) is 0 Å². The Bertz CT molecular complexity index is 466. The van der Waals surface area contributed by atoms with E-state index in [2.05, 4.69) is 11.1 Å². The lowest BCUT2D eigenvalue weighted by Gasteiger charge is -2.02. The van der Waals surface area contributed by atoms with Gasteiger partial charge in [0, 0.05) is 0 Å². The SMILES string of the molecule is COc1cccc(CCc2coc(N)n2)c1. The van der Waals surface area contributed by atoms with Crippen molar-refractivity contribution in [1.82, 2.24) is 4.98 Å². The predicted octanol–water partition coefficient (Wildman–Crippen LogP) is 2.05. The lowest BCUT2D eigenvalue weighted by molar-refractivity contribution is 0.414. The van der Waals surface area contributed by atoms with Gasteiger partial charge < -0.3 is 14.9 Å². The zero-order valence-electron chi connectivity index (χ0n) is 9.14. The standard InChI is InChI=1S/C12H14N2O2/c1-15-11-4-2-3-9(7-11)5-6-10-8-16-12(13)14-10/h2-4,7-8H,5-6H2,1H3,(H2,13,14). The molecule has 84 valence electrons. The summed E-state index contributed by atoms with van der Waals surface area (Å²) in [5.74, 6) is 0.872. The Morgan fingerprint density at radius 1 is 1.38 bits per heavy atom. The first kappa shape index (κ1) is 10.5. The third-order valence-corrected chi connectivity index (χ3v) is 2.37. The number of nitrogen functional groups attached to an aromatic ring is 1. The van der Waals surface area contributed by atoms with E-state index in [0.717, 1.165) is 24.3 Å². The van der Waals surface area contributed by atoms with Gasteiger partial charge >= 0.3 is 0 Å². The molecular formula is C12H14N2O2. The van der Waals surface area contributed by atoms with Crippen molar-refractivity contribution in [1.29, 1.82) is 0 Å². The Morgan fingerprint density at radius 2 is 2.25 bits per heavy atom. The fourth-order valence-corrected chi connectivity index (χ4v) is 1.54. The van der Waals surface area contributed by atoms with Gasteiger partial charge in [0.2, 0.25) is 0 Å². The van der Waals surface area contributed by atoms with Crippen molar-refractivity contribution in [3.8, 4) is 5.75 Å². The first-order valence-corrected chi connectivity index (χ1v) is 5.11. The molecule has 0 aliphatic rings. The molecule has 1 aromatic heterocycles. The number of oxazole rings is 1. The molecule has 0 aliphatic carbocycles. The van der Waals surface area contributed by atoms with Crippen LogP contribution in [0.2, 0.25) is 0 Å². The molecule has 1 aromatic carbocycles. The molecule has 4 heteroatoms. The van der Waals surface area contributed by atoms with Crippen molar-refractivity contribution in [2.24, 2.45) is 0 Å². The number of methoxy groups -OCH3 is 1. The maximum atomic E-state index is 5.40. The van der Waals surface area contributed by atoms with Gasteiger partial charge in [0.15, 0.2) is 0 Å². The number of anilines is 1. The van der Waals surface area contributed by atoms with Gasteiger partial charge in [-0.25, -0.2) is 0 Å². The van der Waals surface area contributed by atoms with E-state index < -0.39 is 0 Å². The topological polar surface area (TPSA) is 61.3 Å². The molecule has 0 saturated heterocycles. The second-order valence-electron chi connectivity index (χ2n) is 3.53. The van der Waals surface area contributed by atoms with Gasteiger partial charge in [-0.1, -0.05) is 12.1 Å². The molecule has 0 unspecified atom stereocenters. The number of rotatable bonds is 4. The highest BCUT2D eigenvalue weighted by Crippen LogP contribution is 2.14. The van der Waals surface area contributed by atoms with E-state index in [4.69, 9.17) is 14.9 Å². The highest BCUT2D eigenvalue weighted by molar-refractivity contribution is 5.29. The lowest BCUT2D eigenvalue weighted by atomic mass is 10.1. The summed E-state index contributed by atoms with van der Waals surface area (Å²) in [6, 6.07) is 8.21. The fourth-order valence-electron chi connectivity index (χ4n) is 1.54. The van der Waals surface area contributed by atoms with E-state index in [1.807, 2.05) is 18.2 Å². The summed E-state index contributed by atoms with van der Waals surface area (Å²) >= 11 is 0. The number of hydrogen-bond acceptors (Lipinski definition) is 4. The van der Waals surface area contributed by atoms with Gasteiger partial charge in [0.05, 0.1) is 12.8 Å². The van der Waals surface area contributed by atoms with E-state index in [9.17, 15) is 0 Å². The third kappa shape index (κ3) is 2.53. The van der Waals surface area contributed by atoms with Crippen LogP contribution in [0.1, 0.15) is 11.3 Å². The molecule has 0 fully saturated rings. The summed E-state index contributed by atoms with van der Waals surface area (Å²) in [7, 11) is 1.66. The largest absolute Gasteiger partial charge is 0.497 e. The number of benzene rings is 1. The van der Waals surface area contributed by atoms with Crippen LogP contribution in [0.25, 0.3) is 0 Å². The molecule has 0 saturated carbocycles. The van der Waals surface area contributed by atoms with Gasteiger partial charge in [-0.2, -0.15) is 4.98 Å². The molecule has 0 radical (unpaired) electrons. The quantitative estimate of drug-likeness (QED) is 0.853. The average Bonchev–Trinajstić information content (AvgIpc) is 2.73. The Labute approximate surface area is 94.1 Å². The first-order chi connectivity index (χ1) is 7.78. The summed E-state index contributed by atoms with van der Waals surface area (Å²) in [5, 5.41) is 0. The highest BCUT2D eigenvalue weighted by Gasteiger charge is 2.01. The minimum absolute atomic E-state index is 0.223. The number of nitrogens with two attached hydrogens (primary N) is 1. The fraction of sp³-hybridized carbons (Fsp3) is 0.250. The van der Waals surface area contributed by atoms with Crippen LogP contribution in [0.5, 0.6) is 5.75 Å². The van der Waals surface area contributed by atoms with Crippen LogP contribution >= 0.6 is 0 Å². The molecule has 1 heterocycles.